The van der Waals surface area contributed by atoms with Crippen molar-refractivity contribution in [3.8, 4) is 0 Å². The molecule has 5 nitrogen and oxygen atoms in total. The lowest BCUT2D eigenvalue weighted by Gasteiger charge is -2.36. The number of nitrogens with zero attached hydrogens (tertiary/aromatic N) is 2. The summed E-state index contributed by atoms with van der Waals surface area (Å²) in [5.41, 5.74) is 1.70. The summed E-state index contributed by atoms with van der Waals surface area (Å²) in [4.78, 5) is 10.9. The van der Waals surface area contributed by atoms with Gasteiger partial charge < -0.3 is 9.22 Å². The van der Waals surface area contributed by atoms with E-state index in [-0.39, 0.29) is 5.90 Å². The Morgan fingerprint density at radius 1 is 1.03 bits per heavy atom. The summed E-state index contributed by atoms with van der Waals surface area (Å²) in [6.07, 6.45) is 17.0. The van der Waals surface area contributed by atoms with E-state index in [0.717, 1.165) is 68.2 Å². The standard InChI is InChI=1S/C16H29N3OS.C11H22O/c1-4-6-7-8-12-20-16(17)15(18-21)14-10-9-11-19(3,5-2)13-14;1-3-5-6-7-8-9-10-11(12)4-2/h10,17H,4-9,11-13H2,1-3H3;3-10H2,1-2H3/p+1/b17-16?,18-15-;. The smallest absolute Gasteiger partial charge is 0.233 e. The molecule has 1 N–H and O–H groups in total. The number of carbonyl (C=O) groups is 1. The summed E-state index contributed by atoms with van der Waals surface area (Å²) in [7, 11) is 2.25. The topological polar surface area (TPSA) is 62.5 Å². The first-order valence-corrected chi connectivity index (χ1v) is 13.8. The number of likely N-dealkylation sites (N-methyl/N-ethyl adjacent to an activating group) is 1. The Morgan fingerprint density at radius 3 is 2.21 bits per heavy atom. The van der Waals surface area contributed by atoms with Gasteiger partial charge in [-0.05, 0) is 32.6 Å². The fourth-order valence-corrected chi connectivity index (χ4v) is 4.07. The predicted octanol–water partition coefficient (Wildman–Crippen LogP) is 7.36. The quantitative estimate of drug-likeness (QED) is 0.0793. The highest BCUT2D eigenvalue weighted by Crippen LogP contribution is 2.18. The van der Waals surface area contributed by atoms with Crippen LogP contribution in [0, 0.1) is 5.41 Å². The lowest BCUT2D eigenvalue weighted by molar-refractivity contribution is -0.904. The fraction of sp³-hybridized carbons (Fsp3) is 0.815. The van der Waals surface area contributed by atoms with Crippen molar-refractivity contribution in [1.82, 2.24) is 0 Å². The van der Waals surface area contributed by atoms with Crippen LogP contribution in [0.1, 0.15) is 111 Å². The molecule has 0 aromatic rings. The van der Waals surface area contributed by atoms with Crippen LogP contribution in [0.4, 0.5) is 0 Å². The Morgan fingerprint density at radius 2 is 1.64 bits per heavy atom. The second-order valence-electron chi connectivity index (χ2n) is 9.43. The molecule has 0 aromatic carbocycles. The molecule has 1 heterocycles. The van der Waals surface area contributed by atoms with E-state index in [9.17, 15) is 4.79 Å². The summed E-state index contributed by atoms with van der Waals surface area (Å²) in [5.74, 6) is 0.586. The first-order chi connectivity index (χ1) is 15.9. The van der Waals surface area contributed by atoms with Crippen molar-refractivity contribution in [1.29, 1.82) is 5.41 Å². The molecular weight excluding hydrogens is 430 g/mol. The van der Waals surface area contributed by atoms with Gasteiger partial charge in [-0.3, -0.25) is 10.2 Å². The molecule has 192 valence electrons. The second-order valence-corrected chi connectivity index (χ2v) is 9.63. The van der Waals surface area contributed by atoms with Crippen molar-refractivity contribution < 1.29 is 14.0 Å². The SMILES string of the molecule is CCCCCCCCC(=O)CC.CCCCCCOC(=N)/C(=N\S)C1=CCC[N+](C)(CC)C1. The highest BCUT2D eigenvalue weighted by Gasteiger charge is 2.28. The third-order valence-corrected chi connectivity index (χ3v) is 6.64. The maximum Gasteiger partial charge on any atom is 0.233 e. The number of unbranched alkanes of at least 4 members (excludes halogenated alkanes) is 8. The van der Waals surface area contributed by atoms with Crippen molar-refractivity contribution in [2.45, 2.75) is 111 Å². The Hall–Kier alpha value is -1.14. The number of carbonyl (C=O) groups excluding carboxylic acids is 1. The van der Waals surface area contributed by atoms with E-state index >= 15 is 0 Å². The summed E-state index contributed by atoms with van der Waals surface area (Å²) in [5, 5.41) is 8.10. The van der Waals surface area contributed by atoms with Crippen LogP contribution < -0.4 is 0 Å². The van der Waals surface area contributed by atoms with Crippen LogP contribution in [0.25, 0.3) is 0 Å². The average Bonchev–Trinajstić information content (AvgIpc) is 2.82. The molecule has 0 aliphatic carbocycles. The molecule has 0 radical (unpaired) electrons. The van der Waals surface area contributed by atoms with Crippen LogP contribution in [-0.4, -0.2) is 55.2 Å². The van der Waals surface area contributed by atoms with Gasteiger partial charge in [0.15, 0.2) is 0 Å². The molecule has 1 unspecified atom stereocenters. The molecule has 0 saturated carbocycles. The number of nitrogens with one attached hydrogen (secondary N) is 1. The second kappa shape index (κ2) is 20.3. The zero-order chi connectivity index (χ0) is 25.0. The van der Waals surface area contributed by atoms with E-state index in [4.69, 9.17) is 10.1 Å². The van der Waals surface area contributed by atoms with E-state index in [1.54, 1.807) is 0 Å². The van der Waals surface area contributed by atoms with Crippen LogP contribution in [0.5, 0.6) is 0 Å². The summed E-state index contributed by atoms with van der Waals surface area (Å²) in [6, 6.07) is 0. The molecule has 1 aliphatic heterocycles. The number of hydrogen-bond donors (Lipinski definition) is 2. The third kappa shape index (κ3) is 15.4. The average molecular weight is 483 g/mol. The Bertz CT molecular complexity index is 604. The van der Waals surface area contributed by atoms with Crippen LogP contribution in [-0.2, 0) is 9.53 Å². The number of quaternary nitrogens is 1. The van der Waals surface area contributed by atoms with Crippen LogP contribution >= 0.6 is 12.8 Å². The largest absolute Gasteiger partial charge is 0.477 e. The summed E-state index contributed by atoms with van der Waals surface area (Å²) >= 11 is 4.05. The molecule has 6 heteroatoms. The molecule has 0 bridgehead atoms. The molecule has 0 saturated heterocycles. The minimum Gasteiger partial charge on any atom is -0.477 e. The third-order valence-electron chi connectivity index (χ3n) is 6.44. The Labute approximate surface area is 210 Å². The van der Waals surface area contributed by atoms with Crippen molar-refractivity contribution in [3.05, 3.63) is 11.6 Å². The molecule has 0 fully saturated rings. The Balaban J connectivity index is 0.000000728. The van der Waals surface area contributed by atoms with Gasteiger partial charge >= 0.3 is 0 Å². The van der Waals surface area contributed by atoms with E-state index in [2.05, 4.69) is 51.1 Å². The van der Waals surface area contributed by atoms with Crippen molar-refractivity contribution in [3.63, 3.8) is 0 Å². The van der Waals surface area contributed by atoms with E-state index in [0.29, 0.717) is 18.1 Å². The van der Waals surface area contributed by atoms with Crippen molar-refractivity contribution in [2.75, 3.05) is 33.3 Å². The van der Waals surface area contributed by atoms with Crippen molar-refractivity contribution >= 4 is 30.2 Å². The Kier molecular flexibility index (Phi) is 19.6. The van der Waals surface area contributed by atoms with Crippen LogP contribution in [0.15, 0.2) is 16.0 Å². The molecule has 33 heavy (non-hydrogen) atoms. The first kappa shape index (κ1) is 31.9. The molecule has 0 aromatic heterocycles. The van der Waals surface area contributed by atoms with Crippen LogP contribution in [0.2, 0.25) is 0 Å². The maximum absolute atomic E-state index is 10.9. The van der Waals surface area contributed by atoms with Crippen LogP contribution in [0.3, 0.4) is 0 Å². The lowest BCUT2D eigenvalue weighted by atomic mass is 10.0. The predicted molar refractivity (Wildman–Crippen MR) is 147 cm³/mol. The molecule has 1 atom stereocenters. The number of Topliss-reactive ketones (excluding diaryl/α,β-unsaturated/α-hetero) is 1. The monoisotopic (exact) mass is 482 g/mol. The van der Waals surface area contributed by atoms with Gasteiger partial charge in [-0.1, -0.05) is 78.2 Å². The van der Waals surface area contributed by atoms with Gasteiger partial charge in [-0.25, -0.2) is 4.40 Å². The minimum absolute atomic E-state index is 0.164. The van der Waals surface area contributed by atoms with E-state index < -0.39 is 0 Å². The number of ether oxygens (including phenoxy) is 1. The van der Waals surface area contributed by atoms with Gasteiger partial charge in [0.05, 0.1) is 26.7 Å². The van der Waals surface area contributed by atoms with Gasteiger partial charge in [0, 0.05) is 24.8 Å². The summed E-state index contributed by atoms with van der Waals surface area (Å²) < 4.78 is 10.6. The lowest BCUT2D eigenvalue weighted by Crippen LogP contribution is -2.49. The zero-order valence-electron chi connectivity index (χ0n) is 22.3. The number of ketones is 1. The van der Waals surface area contributed by atoms with Gasteiger partial charge in [0.25, 0.3) is 0 Å². The normalized spacial score (nSPS) is 18.2. The van der Waals surface area contributed by atoms with Crippen molar-refractivity contribution in [2.24, 2.45) is 4.40 Å². The minimum atomic E-state index is 0.164. The number of thiol groups is 1. The molecule has 1 aliphatic rings. The zero-order valence-corrected chi connectivity index (χ0v) is 23.2. The van der Waals surface area contributed by atoms with Gasteiger partial charge in [-0.2, -0.15) is 0 Å². The molecule has 0 spiro atoms. The fourth-order valence-electron chi connectivity index (χ4n) is 3.85. The number of rotatable bonds is 16. The van der Waals surface area contributed by atoms with E-state index in [1.807, 2.05) is 6.92 Å². The maximum atomic E-state index is 10.9. The highest BCUT2D eigenvalue weighted by atomic mass is 32.1. The summed E-state index contributed by atoms with van der Waals surface area (Å²) in [6.45, 7) is 12.3. The van der Waals surface area contributed by atoms with Gasteiger partial charge in [0.1, 0.15) is 18.0 Å². The van der Waals surface area contributed by atoms with Gasteiger partial charge in [-0.15, -0.1) is 0 Å². The first-order valence-electron chi connectivity index (χ1n) is 13.4. The number of hydrogen-bond acceptors (Lipinski definition) is 5. The highest BCUT2D eigenvalue weighted by molar-refractivity contribution is 7.79. The molecule has 0 amide bonds. The molecular formula is C27H52N3O2S+. The molecule has 1 rings (SSSR count). The van der Waals surface area contributed by atoms with E-state index in [1.165, 1.54) is 44.9 Å². The van der Waals surface area contributed by atoms with Gasteiger partial charge in [0.2, 0.25) is 5.90 Å².